The van der Waals surface area contributed by atoms with Crippen LogP contribution in [-0.2, 0) is 4.74 Å². The highest BCUT2D eigenvalue weighted by atomic mass is 32.2. The third kappa shape index (κ3) is 3.73. The minimum absolute atomic E-state index is 0.543. The van der Waals surface area contributed by atoms with Gasteiger partial charge in [-0.3, -0.25) is 0 Å². The maximum absolute atomic E-state index is 5.75. The first-order valence-electron chi connectivity index (χ1n) is 6.30. The standard InChI is InChI=1S/C14H21NOS/c1-11(2)15-7-8-16-9-12-10-17-14-6-4-3-5-13(12)14/h3-6,11-12,15H,7-10H2,1-2H3. The minimum atomic E-state index is 0.543. The molecule has 2 nitrogen and oxygen atoms in total. The number of thioether (sulfide) groups is 1. The fourth-order valence-corrected chi connectivity index (χ4v) is 3.25. The first kappa shape index (κ1) is 12.9. The number of hydrogen-bond acceptors (Lipinski definition) is 3. The summed E-state index contributed by atoms with van der Waals surface area (Å²) >= 11 is 1.95. The van der Waals surface area contributed by atoms with Crippen LogP contribution >= 0.6 is 11.8 Å². The van der Waals surface area contributed by atoms with Crippen LogP contribution < -0.4 is 5.32 Å². The largest absolute Gasteiger partial charge is 0.379 e. The monoisotopic (exact) mass is 251 g/mol. The molecule has 0 aliphatic carbocycles. The Morgan fingerprint density at radius 2 is 2.24 bits per heavy atom. The molecule has 0 bridgehead atoms. The van der Waals surface area contributed by atoms with Crippen molar-refractivity contribution in [2.24, 2.45) is 0 Å². The van der Waals surface area contributed by atoms with Crippen LogP contribution in [0.2, 0.25) is 0 Å². The summed E-state index contributed by atoms with van der Waals surface area (Å²) in [5.74, 6) is 1.74. The molecule has 1 atom stereocenters. The zero-order valence-corrected chi connectivity index (χ0v) is 11.4. The van der Waals surface area contributed by atoms with Gasteiger partial charge in [-0.2, -0.15) is 0 Å². The molecule has 0 radical (unpaired) electrons. The highest BCUT2D eigenvalue weighted by molar-refractivity contribution is 7.99. The first-order chi connectivity index (χ1) is 8.27. The van der Waals surface area contributed by atoms with Crippen molar-refractivity contribution in [1.82, 2.24) is 5.32 Å². The van der Waals surface area contributed by atoms with E-state index in [1.807, 2.05) is 11.8 Å². The van der Waals surface area contributed by atoms with Gasteiger partial charge in [0.05, 0.1) is 13.2 Å². The number of nitrogens with one attached hydrogen (secondary N) is 1. The van der Waals surface area contributed by atoms with Crippen LogP contribution in [0.5, 0.6) is 0 Å². The molecule has 17 heavy (non-hydrogen) atoms. The van der Waals surface area contributed by atoms with Crippen LogP contribution in [-0.4, -0.2) is 31.6 Å². The van der Waals surface area contributed by atoms with Gasteiger partial charge in [-0.05, 0) is 11.6 Å². The number of ether oxygens (including phenoxy) is 1. The van der Waals surface area contributed by atoms with Crippen molar-refractivity contribution < 1.29 is 4.74 Å². The van der Waals surface area contributed by atoms with Crippen molar-refractivity contribution in [2.45, 2.75) is 30.7 Å². The summed E-state index contributed by atoms with van der Waals surface area (Å²) in [6, 6.07) is 9.22. The molecule has 0 amide bonds. The van der Waals surface area contributed by atoms with Crippen molar-refractivity contribution in [3.05, 3.63) is 29.8 Å². The predicted molar refractivity (Wildman–Crippen MR) is 73.9 cm³/mol. The van der Waals surface area contributed by atoms with Crippen molar-refractivity contribution in [2.75, 3.05) is 25.5 Å². The average molecular weight is 251 g/mol. The van der Waals surface area contributed by atoms with Crippen LogP contribution in [0.15, 0.2) is 29.2 Å². The molecule has 0 saturated heterocycles. The Kier molecular flexibility index (Phi) is 4.89. The Morgan fingerprint density at radius 3 is 3.06 bits per heavy atom. The Labute approximate surface area is 108 Å². The third-order valence-corrected chi connectivity index (χ3v) is 4.17. The second-order valence-corrected chi connectivity index (χ2v) is 5.79. The lowest BCUT2D eigenvalue weighted by Gasteiger charge is -2.12. The van der Waals surface area contributed by atoms with Crippen LogP contribution in [0.4, 0.5) is 0 Å². The van der Waals surface area contributed by atoms with Gasteiger partial charge in [-0.1, -0.05) is 32.0 Å². The molecule has 1 aliphatic rings. The molecule has 3 heteroatoms. The normalized spacial score (nSPS) is 18.6. The quantitative estimate of drug-likeness (QED) is 0.786. The van der Waals surface area contributed by atoms with E-state index in [9.17, 15) is 0 Å². The van der Waals surface area contributed by atoms with Gasteiger partial charge in [0.15, 0.2) is 0 Å². The molecule has 1 heterocycles. The molecule has 0 aromatic heterocycles. The van der Waals surface area contributed by atoms with Crippen molar-refractivity contribution in [3.8, 4) is 0 Å². The fraction of sp³-hybridized carbons (Fsp3) is 0.571. The lowest BCUT2D eigenvalue weighted by molar-refractivity contribution is 0.125. The maximum Gasteiger partial charge on any atom is 0.0591 e. The number of benzene rings is 1. The minimum Gasteiger partial charge on any atom is -0.379 e. The smallest absolute Gasteiger partial charge is 0.0591 e. The summed E-state index contributed by atoms with van der Waals surface area (Å²) in [5.41, 5.74) is 1.47. The Balaban J connectivity index is 1.71. The van der Waals surface area contributed by atoms with Crippen molar-refractivity contribution >= 4 is 11.8 Å². The van der Waals surface area contributed by atoms with Crippen molar-refractivity contribution in [3.63, 3.8) is 0 Å². The van der Waals surface area contributed by atoms with E-state index in [1.165, 1.54) is 10.5 Å². The van der Waals surface area contributed by atoms with Crippen LogP contribution in [0.3, 0.4) is 0 Å². The summed E-state index contributed by atoms with van der Waals surface area (Å²) in [5, 5.41) is 3.36. The zero-order valence-electron chi connectivity index (χ0n) is 10.6. The summed E-state index contributed by atoms with van der Waals surface area (Å²) in [4.78, 5) is 1.43. The molecule has 1 aromatic rings. The van der Waals surface area contributed by atoms with E-state index in [0.29, 0.717) is 12.0 Å². The van der Waals surface area contributed by atoms with Crippen LogP contribution in [0.25, 0.3) is 0 Å². The molecule has 1 aromatic carbocycles. The molecule has 1 N–H and O–H groups in total. The maximum atomic E-state index is 5.75. The van der Waals surface area contributed by atoms with Gasteiger partial charge in [0.25, 0.3) is 0 Å². The highest BCUT2D eigenvalue weighted by Crippen LogP contribution is 2.39. The highest BCUT2D eigenvalue weighted by Gasteiger charge is 2.22. The van der Waals surface area contributed by atoms with Gasteiger partial charge in [0.2, 0.25) is 0 Å². The second kappa shape index (κ2) is 6.43. The molecule has 1 unspecified atom stereocenters. The van der Waals surface area contributed by atoms with E-state index in [2.05, 4.69) is 43.4 Å². The summed E-state index contributed by atoms with van der Waals surface area (Å²) in [6.07, 6.45) is 0. The van der Waals surface area contributed by atoms with E-state index in [0.717, 1.165) is 25.5 Å². The SMILES string of the molecule is CC(C)NCCOCC1CSc2ccccc21. The van der Waals surface area contributed by atoms with E-state index in [-0.39, 0.29) is 0 Å². The molecule has 0 spiro atoms. The van der Waals surface area contributed by atoms with Crippen molar-refractivity contribution in [1.29, 1.82) is 0 Å². The topological polar surface area (TPSA) is 21.3 Å². The van der Waals surface area contributed by atoms with E-state index < -0.39 is 0 Å². The Morgan fingerprint density at radius 1 is 1.41 bits per heavy atom. The van der Waals surface area contributed by atoms with Crippen LogP contribution in [0, 0.1) is 0 Å². The van der Waals surface area contributed by atoms with Crippen LogP contribution in [0.1, 0.15) is 25.3 Å². The summed E-state index contributed by atoms with van der Waals surface area (Å²) in [6.45, 7) is 6.91. The zero-order chi connectivity index (χ0) is 12.1. The van der Waals surface area contributed by atoms with E-state index >= 15 is 0 Å². The third-order valence-electron chi connectivity index (χ3n) is 2.92. The number of fused-ring (bicyclic) bond motifs is 1. The second-order valence-electron chi connectivity index (χ2n) is 4.73. The number of hydrogen-bond donors (Lipinski definition) is 1. The summed E-state index contributed by atoms with van der Waals surface area (Å²) in [7, 11) is 0. The molecule has 94 valence electrons. The molecule has 2 rings (SSSR count). The van der Waals surface area contributed by atoms with Gasteiger partial charge in [0.1, 0.15) is 0 Å². The number of rotatable bonds is 6. The lowest BCUT2D eigenvalue weighted by Crippen LogP contribution is -2.27. The van der Waals surface area contributed by atoms with Gasteiger partial charge in [-0.15, -0.1) is 11.8 Å². The molecular formula is C14H21NOS. The summed E-state index contributed by atoms with van der Waals surface area (Å²) < 4.78 is 5.75. The van der Waals surface area contributed by atoms with E-state index in [4.69, 9.17) is 4.74 Å². The predicted octanol–water partition coefficient (Wildman–Crippen LogP) is 2.89. The molecule has 1 aliphatic heterocycles. The van der Waals surface area contributed by atoms with Gasteiger partial charge >= 0.3 is 0 Å². The fourth-order valence-electron chi connectivity index (χ4n) is 2.01. The Bertz CT molecular complexity index is 354. The molecular weight excluding hydrogens is 230 g/mol. The first-order valence-corrected chi connectivity index (χ1v) is 7.29. The van der Waals surface area contributed by atoms with Gasteiger partial charge in [-0.25, -0.2) is 0 Å². The average Bonchev–Trinajstić information content (AvgIpc) is 2.72. The Hall–Kier alpha value is -0.510. The van der Waals surface area contributed by atoms with Gasteiger partial charge < -0.3 is 10.1 Å². The molecule has 0 fully saturated rings. The van der Waals surface area contributed by atoms with Gasteiger partial charge in [0, 0.05) is 29.2 Å². The molecule has 0 saturated carbocycles. The van der Waals surface area contributed by atoms with E-state index in [1.54, 1.807) is 0 Å². The lowest BCUT2D eigenvalue weighted by atomic mass is 10.0.